The number of nitroso groups, excluding NO2 is 1. The highest BCUT2D eigenvalue weighted by atomic mass is 16.5. The summed E-state index contributed by atoms with van der Waals surface area (Å²) in [7, 11) is 0. The maximum Gasteiger partial charge on any atom is 0.121 e. The summed E-state index contributed by atoms with van der Waals surface area (Å²) in [6.45, 7) is 3.84. The van der Waals surface area contributed by atoms with Crippen molar-refractivity contribution in [3.63, 3.8) is 0 Å². The molecule has 0 heterocycles. The maximum absolute atomic E-state index is 10.0. The molecule has 0 fully saturated rings. The van der Waals surface area contributed by atoms with Gasteiger partial charge in [-0.05, 0) is 18.2 Å². The van der Waals surface area contributed by atoms with E-state index < -0.39 is 0 Å². The van der Waals surface area contributed by atoms with Crippen molar-refractivity contribution in [3.05, 3.63) is 41.3 Å². The van der Waals surface area contributed by atoms with Gasteiger partial charge in [0.1, 0.15) is 24.7 Å². The third-order valence-electron chi connectivity index (χ3n) is 1.65. The predicted molar refractivity (Wildman–Crippen MR) is 53.3 cm³/mol. The van der Waals surface area contributed by atoms with Crippen molar-refractivity contribution in [1.29, 1.82) is 0 Å². The lowest BCUT2D eigenvalue weighted by molar-refractivity contribution is 0.361. The maximum atomic E-state index is 10.0. The number of benzene rings is 1. The zero-order valence-electron chi connectivity index (χ0n) is 7.64. The van der Waals surface area contributed by atoms with E-state index in [2.05, 4.69) is 11.8 Å². The van der Waals surface area contributed by atoms with Gasteiger partial charge in [-0.2, -0.15) is 4.91 Å². The Labute approximate surface area is 81.8 Å². The fraction of sp³-hybridized carbons (Fsp3) is 0.200. The lowest BCUT2D eigenvalue weighted by atomic mass is 10.2. The Morgan fingerprint density at radius 1 is 1.57 bits per heavy atom. The van der Waals surface area contributed by atoms with Crippen LogP contribution in [0.15, 0.2) is 36.0 Å². The van der Waals surface area contributed by atoms with Gasteiger partial charge in [-0.15, -0.1) is 0 Å². The van der Waals surface area contributed by atoms with Crippen LogP contribution in [0.5, 0.6) is 11.5 Å². The van der Waals surface area contributed by atoms with E-state index in [1.54, 1.807) is 18.2 Å². The van der Waals surface area contributed by atoms with Crippen LogP contribution in [-0.4, -0.2) is 11.7 Å². The van der Waals surface area contributed by atoms with E-state index in [4.69, 9.17) is 4.74 Å². The number of rotatable bonds is 5. The highest BCUT2D eigenvalue weighted by Crippen LogP contribution is 2.23. The van der Waals surface area contributed by atoms with Crippen LogP contribution in [0.25, 0.3) is 0 Å². The highest BCUT2D eigenvalue weighted by molar-refractivity contribution is 5.39. The summed E-state index contributed by atoms with van der Waals surface area (Å²) in [4.78, 5) is 10.0. The van der Waals surface area contributed by atoms with Crippen LogP contribution in [-0.2, 0) is 6.54 Å². The molecule has 0 aliphatic rings. The number of hydrogen-bond donors (Lipinski definition) is 1. The van der Waals surface area contributed by atoms with Gasteiger partial charge in [0, 0.05) is 5.56 Å². The van der Waals surface area contributed by atoms with Gasteiger partial charge < -0.3 is 9.84 Å². The SMILES string of the molecule is C=CCOc1ccc(O)c(CN=O)c1. The molecular formula is C10H11NO3. The van der Waals surface area contributed by atoms with Crippen molar-refractivity contribution in [2.45, 2.75) is 6.54 Å². The molecule has 1 aromatic carbocycles. The van der Waals surface area contributed by atoms with Gasteiger partial charge in [-0.25, -0.2) is 0 Å². The molecule has 0 unspecified atom stereocenters. The molecule has 74 valence electrons. The Bertz CT molecular complexity index is 336. The summed E-state index contributed by atoms with van der Waals surface area (Å²) in [5.41, 5.74) is 0.460. The Hall–Kier alpha value is -1.84. The monoisotopic (exact) mass is 193 g/mol. The third-order valence-corrected chi connectivity index (χ3v) is 1.65. The second-order valence-corrected chi connectivity index (χ2v) is 2.68. The number of phenols is 1. The first-order chi connectivity index (χ1) is 6.77. The molecule has 0 aliphatic carbocycles. The average molecular weight is 193 g/mol. The van der Waals surface area contributed by atoms with Crippen molar-refractivity contribution < 1.29 is 9.84 Å². The van der Waals surface area contributed by atoms with Crippen molar-refractivity contribution in [1.82, 2.24) is 0 Å². The molecule has 1 rings (SSSR count). The van der Waals surface area contributed by atoms with Crippen molar-refractivity contribution in [2.24, 2.45) is 5.18 Å². The van der Waals surface area contributed by atoms with Gasteiger partial charge in [-0.1, -0.05) is 17.8 Å². The summed E-state index contributed by atoms with van der Waals surface area (Å²) in [5, 5.41) is 12.0. The number of hydrogen-bond acceptors (Lipinski definition) is 4. The molecule has 0 aliphatic heterocycles. The summed E-state index contributed by atoms with van der Waals surface area (Å²) in [5.74, 6) is 0.636. The molecule has 1 N–H and O–H groups in total. The standard InChI is InChI=1S/C10H11NO3/c1-2-5-14-9-3-4-10(12)8(6-9)7-11-13/h2-4,6,12H,1,5,7H2. The third kappa shape index (κ3) is 2.58. The van der Waals surface area contributed by atoms with Crippen LogP contribution >= 0.6 is 0 Å². The second kappa shape index (κ2) is 5.01. The van der Waals surface area contributed by atoms with Crippen LogP contribution in [0.2, 0.25) is 0 Å². The summed E-state index contributed by atoms with van der Waals surface area (Å²) >= 11 is 0. The Kier molecular flexibility index (Phi) is 3.67. The van der Waals surface area contributed by atoms with E-state index in [0.29, 0.717) is 17.9 Å². The van der Waals surface area contributed by atoms with Crippen molar-refractivity contribution in [2.75, 3.05) is 6.61 Å². The fourth-order valence-electron chi connectivity index (χ4n) is 1.00. The quantitative estimate of drug-likeness (QED) is 0.576. The van der Waals surface area contributed by atoms with E-state index in [1.165, 1.54) is 6.07 Å². The minimum atomic E-state index is -0.0584. The van der Waals surface area contributed by atoms with E-state index >= 15 is 0 Å². The van der Waals surface area contributed by atoms with Gasteiger partial charge in [-0.3, -0.25) is 0 Å². The fourth-order valence-corrected chi connectivity index (χ4v) is 1.00. The summed E-state index contributed by atoms with van der Waals surface area (Å²) < 4.78 is 5.22. The predicted octanol–water partition coefficient (Wildman–Crippen LogP) is 2.22. The second-order valence-electron chi connectivity index (χ2n) is 2.68. The number of ether oxygens (including phenoxy) is 1. The summed E-state index contributed by atoms with van der Waals surface area (Å²) in [6.07, 6.45) is 1.62. The van der Waals surface area contributed by atoms with Gasteiger partial charge >= 0.3 is 0 Å². The van der Waals surface area contributed by atoms with Crippen LogP contribution in [0.1, 0.15) is 5.56 Å². The van der Waals surface area contributed by atoms with Gasteiger partial charge in [0.25, 0.3) is 0 Å². The molecule has 4 nitrogen and oxygen atoms in total. The molecular weight excluding hydrogens is 182 g/mol. The molecule has 4 heteroatoms. The Morgan fingerprint density at radius 2 is 2.36 bits per heavy atom. The Morgan fingerprint density at radius 3 is 3.00 bits per heavy atom. The molecule has 14 heavy (non-hydrogen) atoms. The molecule has 0 amide bonds. The van der Waals surface area contributed by atoms with E-state index in [9.17, 15) is 10.0 Å². The van der Waals surface area contributed by atoms with Crippen molar-refractivity contribution >= 4 is 0 Å². The lowest BCUT2D eigenvalue weighted by Gasteiger charge is -2.05. The first-order valence-corrected chi connectivity index (χ1v) is 4.12. The first-order valence-electron chi connectivity index (χ1n) is 4.12. The van der Waals surface area contributed by atoms with Gasteiger partial charge in [0.15, 0.2) is 0 Å². The van der Waals surface area contributed by atoms with Gasteiger partial charge in [0.05, 0.1) is 0 Å². The average Bonchev–Trinajstić information content (AvgIpc) is 2.19. The van der Waals surface area contributed by atoms with E-state index in [1.807, 2.05) is 0 Å². The summed E-state index contributed by atoms with van der Waals surface area (Å²) in [6, 6.07) is 4.67. The van der Waals surface area contributed by atoms with Crippen LogP contribution in [0, 0.1) is 4.91 Å². The molecule has 0 saturated carbocycles. The first kappa shape index (κ1) is 10.2. The topological polar surface area (TPSA) is 58.9 Å². The van der Waals surface area contributed by atoms with Crippen molar-refractivity contribution in [3.8, 4) is 11.5 Å². The minimum Gasteiger partial charge on any atom is -0.508 e. The lowest BCUT2D eigenvalue weighted by Crippen LogP contribution is -1.93. The van der Waals surface area contributed by atoms with Crippen LogP contribution in [0.4, 0.5) is 0 Å². The normalized spacial score (nSPS) is 9.43. The molecule has 0 bridgehead atoms. The van der Waals surface area contributed by atoms with E-state index in [0.717, 1.165) is 0 Å². The number of nitrogens with zero attached hydrogens (tertiary/aromatic N) is 1. The molecule has 0 saturated heterocycles. The van der Waals surface area contributed by atoms with Crippen LogP contribution in [0.3, 0.4) is 0 Å². The molecule has 0 aromatic heterocycles. The smallest absolute Gasteiger partial charge is 0.121 e. The minimum absolute atomic E-state index is 0.0514. The molecule has 0 atom stereocenters. The Balaban J connectivity index is 2.82. The zero-order chi connectivity index (χ0) is 10.4. The van der Waals surface area contributed by atoms with Crippen LogP contribution < -0.4 is 4.74 Å². The largest absolute Gasteiger partial charge is 0.508 e. The molecule has 0 radical (unpaired) electrons. The highest BCUT2D eigenvalue weighted by Gasteiger charge is 2.02. The number of phenolic OH excluding ortho intramolecular Hbond substituents is 1. The van der Waals surface area contributed by atoms with Gasteiger partial charge in [0.2, 0.25) is 0 Å². The molecule has 0 spiro atoms. The zero-order valence-corrected chi connectivity index (χ0v) is 7.64. The number of aromatic hydroxyl groups is 1. The van der Waals surface area contributed by atoms with E-state index in [-0.39, 0.29) is 12.3 Å². The molecule has 1 aromatic rings.